The topological polar surface area (TPSA) is 57.5 Å². The molecular weight excluding hydrogens is 354 g/mol. The van der Waals surface area contributed by atoms with Crippen LogP contribution in [0.1, 0.15) is 36.4 Å². The molecular formula is C22H25N3O3. The Morgan fingerprint density at radius 3 is 2.68 bits per heavy atom. The predicted octanol–water partition coefficient (Wildman–Crippen LogP) is 3.37. The Morgan fingerprint density at radius 2 is 1.93 bits per heavy atom. The molecule has 3 heterocycles. The fraction of sp³-hybridized carbons (Fsp3) is 0.409. The standard InChI is InChI=1S/C22H25N3O3/c1-24-12-10-22(11-13-24)25-18(16-7-5-9-20(27-2)21(16)28-22)14-17(23-25)15-6-3-4-8-19(15)26/h3-9,18,26H,10-14H2,1-2H3/t18-/m0/s1. The van der Waals surface area contributed by atoms with Crippen LogP contribution in [-0.4, -0.2) is 53.7 Å². The Hall–Kier alpha value is -2.73. The largest absolute Gasteiger partial charge is 0.507 e. The van der Waals surface area contributed by atoms with Gasteiger partial charge >= 0.3 is 0 Å². The molecule has 1 atom stereocenters. The van der Waals surface area contributed by atoms with Crippen molar-refractivity contribution < 1.29 is 14.6 Å². The summed E-state index contributed by atoms with van der Waals surface area (Å²) in [5, 5.41) is 17.5. The molecule has 2 aromatic carbocycles. The van der Waals surface area contributed by atoms with E-state index >= 15 is 0 Å². The van der Waals surface area contributed by atoms with E-state index in [0.29, 0.717) is 0 Å². The van der Waals surface area contributed by atoms with E-state index in [1.54, 1.807) is 13.2 Å². The summed E-state index contributed by atoms with van der Waals surface area (Å²) in [6.07, 6.45) is 2.47. The second-order valence-corrected chi connectivity index (χ2v) is 7.86. The van der Waals surface area contributed by atoms with E-state index < -0.39 is 5.72 Å². The molecule has 0 aromatic heterocycles. The van der Waals surface area contributed by atoms with E-state index in [4.69, 9.17) is 14.6 Å². The lowest BCUT2D eigenvalue weighted by Crippen LogP contribution is -2.58. The number of hydrazone groups is 1. The summed E-state index contributed by atoms with van der Waals surface area (Å²) in [7, 11) is 3.83. The number of fused-ring (bicyclic) bond motifs is 4. The second kappa shape index (κ2) is 6.41. The number of para-hydroxylation sites is 2. The van der Waals surface area contributed by atoms with Crippen molar-refractivity contribution >= 4 is 5.71 Å². The van der Waals surface area contributed by atoms with Crippen LogP contribution >= 0.6 is 0 Å². The van der Waals surface area contributed by atoms with Crippen molar-refractivity contribution in [3.63, 3.8) is 0 Å². The zero-order valence-electron chi connectivity index (χ0n) is 16.3. The Morgan fingerprint density at radius 1 is 1.14 bits per heavy atom. The Labute approximate surface area is 165 Å². The summed E-state index contributed by atoms with van der Waals surface area (Å²) in [5.74, 6) is 1.88. The maximum atomic E-state index is 10.4. The SMILES string of the molecule is COc1cccc2c1OC1(CCN(C)CC1)N1N=C(c3ccccc3O)C[C@@H]21. The minimum Gasteiger partial charge on any atom is -0.507 e. The van der Waals surface area contributed by atoms with Crippen LogP contribution in [0.3, 0.4) is 0 Å². The fourth-order valence-electron chi connectivity index (χ4n) is 4.61. The number of ether oxygens (including phenoxy) is 2. The molecule has 2 aromatic rings. The summed E-state index contributed by atoms with van der Waals surface area (Å²) in [5.41, 5.74) is 2.31. The normalized spacial score (nSPS) is 23.0. The van der Waals surface area contributed by atoms with E-state index in [0.717, 1.165) is 60.7 Å². The summed E-state index contributed by atoms with van der Waals surface area (Å²) < 4.78 is 12.3. The van der Waals surface area contributed by atoms with Crippen LogP contribution < -0.4 is 9.47 Å². The molecule has 1 N–H and O–H groups in total. The number of likely N-dealkylation sites (tertiary alicyclic amines) is 1. The zero-order chi connectivity index (χ0) is 19.3. The summed E-state index contributed by atoms with van der Waals surface area (Å²) >= 11 is 0. The molecule has 0 bridgehead atoms. The van der Waals surface area contributed by atoms with Gasteiger partial charge in [-0.25, -0.2) is 5.01 Å². The molecule has 0 unspecified atom stereocenters. The number of phenols is 1. The average Bonchev–Trinajstić information content (AvgIpc) is 3.17. The highest BCUT2D eigenvalue weighted by Gasteiger charge is 2.52. The molecule has 3 aliphatic rings. The third kappa shape index (κ3) is 2.55. The minimum atomic E-state index is -0.481. The Bertz CT molecular complexity index is 934. The third-order valence-corrected chi connectivity index (χ3v) is 6.19. The fourth-order valence-corrected chi connectivity index (χ4v) is 4.61. The van der Waals surface area contributed by atoms with Crippen LogP contribution in [0.15, 0.2) is 47.6 Å². The van der Waals surface area contributed by atoms with E-state index in [1.165, 1.54) is 0 Å². The van der Waals surface area contributed by atoms with Crippen LogP contribution in [-0.2, 0) is 0 Å². The van der Waals surface area contributed by atoms with Gasteiger partial charge in [-0.15, -0.1) is 0 Å². The number of aromatic hydroxyl groups is 1. The molecule has 3 aliphatic heterocycles. The highest BCUT2D eigenvalue weighted by Crippen LogP contribution is 2.52. The van der Waals surface area contributed by atoms with Crippen LogP contribution in [0.25, 0.3) is 0 Å². The maximum absolute atomic E-state index is 10.4. The lowest BCUT2D eigenvalue weighted by molar-refractivity contribution is -0.148. The molecule has 0 amide bonds. The van der Waals surface area contributed by atoms with Gasteiger partial charge in [0, 0.05) is 43.5 Å². The van der Waals surface area contributed by atoms with Crippen LogP contribution in [0, 0.1) is 0 Å². The van der Waals surface area contributed by atoms with Crippen LogP contribution in [0.4, 0.5) is 0 Å². The van der Waals surface area contributed by atoms with Gasteiger partial charge in [0.1, 0.15) is 5.75 Å². The van der Waals surface area contributed by atoms with Gasteiger partial charge in [-0.3, -0.25) is 0 Å². The van der Waals surface area contributed by atoms with E-state index in [2.05, 4.69) is 23.0 Å². The first-order valence-corrected chi connectivity index (χ1v) is 9.81. The number of hydrogen-bond acceptors (Lipinski definition) is 6. The Balaban J connectivity index is 1.62. The second-order valence-electron chi connectivity index (χ2n) is 7.86. The monoisotopic (exact) mass is 379 g/mol. The molecule has 0 saturated carbocycles. The lowest BCUT2D eigenvalue weighted by atomic mass is 9.90. The molecule has 6 heteroatoms. The number of rotatable bonds is 2. The van der Waals surface area contributed by atoms with Gasteiger partial charge in [-0.1, -0.05) is 24.3 Å². The van der Waals surface area contributed by atoms with Crippen molar-refractivity contribution in [2.45, 2.75) is 31.0 Å². The van der Waals surface area contributed by atoms with E-state index in [9.17, 15) is 5.11 Å². The quantitative estimate of drug-likeness (QED) is 0.867. The van der Waals surface area contributed by atoms with E-state index in [-0.39, 0.29) is 11.8 Å². The minimum absolute atomic E-state index is 0.0804. The molecule has 146 valence electrons. The molecule has 1 fully saturated rings. The maximum Gasteiger partial charge on any atom is 0.200 e. The van der Waals surface area contributed by atoms with Gasteiger partial charge in [0.05, 0.1) is 18.9 Å². The predicted molar refractivity (Wildman–Crippen MR) is 107 cm³/mol. The molecule has 0 aliphatic carbocycles. The molecule has 1 spiro atoms. The summed E-state index contributed by atoms with van der Waals surface area (Å²) in [6.45, 7) is 1.91. The highest BCUT2D eigenvalue weighted by molar-refractivity contribution is 6.04. The number of piperidine rings is 1. The van der Waals surface area contributed by atoms with Crippen molar-refractivity contribution in [3.8, 4) is 17.2 Å². The molecule has 6 nitrogen and oxygen atoms in total. The molecule has 0 radical (unpaired) electrons. The first-order valence-electron chi connectivity index (χ1n) is 9.81. The molecule has 1 saturated heterocycles. The molecule has 5 rings (SSSR count). The van der Waals surface area contributed by atoms with Crippen molar-refractivity contribution in [1.82, 2.24) is 9.91 Å². The highest BCUT2D eigenvalue weighted by atomic mass is 16.5. The van der Waals surface area contributed by atoms with Gasteiger partial charge in [0.15, 0.2) is 11.5 Å². The van der Waals surface area contributed by atoms with Gasteiger partial charge in [-0.05, 0) is 25.2 Å². The molecule has 28 heavy (non-hydrogen) atoms. The van der Waals surface area contributed by atoms with Crippen molar-refractivity contribution in [3.05, 3.63) is 53.6 Å². The smallest absolute Gasteiger partial charge is 0.200 e. The zero-order valence-corrected chi connectivity index (χ0v) is 16.3. The van der Waals surface area contributed by atoms with Gasteiger partial charge in [0.25, 0.3) is 0 Å². The van der Waals surface area contributed by atoms with Crippen molar-refractivity contribution in [2.24, 2.45) is 5.10 Å². The van der Waals surface area contributed by atoms with Crippen LogP contribution in [0.5, 0.6) is 17.2 Å². The number of methoxy groups -OCH3 is 1. The van der Waals surface area contributed by atoms with Crippen molar-refractivity contribution in [1.29, 1.82) is 0 Å². The van der Waals surface area contributed by atoms with Crippen molar-refractivity contribution in [2.75, 3.05) is 27.2 Å². The van der Waals surface area contributed by atoms with Gasteiger partial charge in [0.2, 0.25) is 5.72 Å². The number of phenolic OH excluding ortho intramolecular Hbond substituents is 1. The summed E-state index contributed by atoms with van der Waals surface area (Å²) in [6, 6.07) is 13.6. The Kier molecular flexibility index (Phi) is 3.98. The first kappa shape index (κ1) is 17.4. The van der Waals surface area contributed by atoms with Gasteiger partial charge < -0.3 is 19.5 Å². The van der Waals surface area contributed by atoms with Crippen LogP contribution in [0.2, 0.25) is 0 Å². The van der Waals surface area contributed by atoms with E-state index in [1.807, 2.05) is 30.3 Å². The number of nitrogens with zero attached hydrogens (tertiary/aromatic N) is 3. The number of hydrogen-bond donors (Lipinski definition) is 1. The lowest BCUT2D eigenvalue weighted by Gasteiger charge is -2.50. The summed E-state index contributed by atoms with van der Waals surface area (Å²) in [4.78, 5) is 2.32. The first-order chi connectivity index (χ1) is 13.6. The third-order valence-electron chi connectivity index (χ3n) is 6.19. The number of benzene rings is 2. The average molecular weight is 379 g/mol. The van der Waals surface area contributed by atoms with Gasteiger partial charge in [-0.2, -0.15) is 5.10 Å².